The van der Waals surface area contributed by atoms with E-state index in [0.717, 1.165) is 56.7 Å². The van der Waals surface area contributed by atoms with Gasteiger partial charge in [0.25, 0.3) is 5.88 Å². The number of hydrogen-bond donors (Lipinski definition) is 3. The first-order chi connectivity index (χ1) is 14.1. The zero-order valence-electron chi connectivity index (χ0n) is 16.6. The average Bonchev–Trinajstić information content (AvgIpc) is 3.16. The molecule has 5 heterocycles. The minimum atomic E-state index is -0.0556. The summed E-state index contributed by atoms with van der Waals surface area (Å²) >= 11 is 0. The number of nitrogens with two attached hydrogens (primary N) is 1. The second-order valence-electron chi connectivity index (χ2n) is 8.34. The Labute approximate surface area is 169 Å². The lowest BCUT2D eigenvalue weighted by molar-refractivity contribution is 0.257. The molecule has 29 heavy (non-hydrogen) atoms. The lowest BCUT2D eigenvalue weighted by atomic mass is 9.80. The fourth-order valence-electron chi connectivity index (χ4n) is 4.29. The van der Waals surface area contributed by atoms with Gasteiger partial charge in [0.1, 0.15) is 0 Å². The third-order valence-electron chi connectivity index (χ3n) is 6.31. The van der Waals surface area contributed by atoms with E-state index in [1.165, 1.54) is 0 Å². The molecule has 9 heteroatoms. The Balaban J connectivity index is 1.49. The molecule has 0 spiro atoms. The summed E-state index contributed by atoms with van der Waals surface area (Å²) in [6.45, 7) is 5.31. The van der Waals surface area contributed by atoms with Gasteiger partial charge in [-0.15, -0.1) is 0 Å². The number of H-pyrrole nitrogens is 1. The zero-order valence-corrected chi connectivity index (χ0v) is 16.6. The van der Waals surface area contributed by atoms with E-state index in [0.29, 0.717) is 29.3 Å². The van der Waals surface area contributed by atoms with Crippen LogP contribution in [0.3, 0.4) is 0 Å². The quantitative estimate of drug-likeness (QED) is 0.618. The van der Waals surface area contributed by atoms with Gasteiger partial charge in [0.05, 0.1) is 11.4 Å². The van der Waals surface area contributed by atoms with Gasteiger partial charge in [0.15, 0.2) is 22.8 Å². The van der Waals surface area contributed by atoms with Crippen LogP contribution in [-0.2, 0) is 6.42 Å². The molecule has 3 aromatic heterocycles. The number of hydrogen-bond acceptors (Lipinski definition) is 8. The van der Waals surface area contributed by atoms with Crippen LogP contribution in [0.25, 0.3) is 11.2 Å². The molecule has 4 N–H and O–H groups in total. The summed E-state index contributed by atoms with van der Waals surface area (Å²) in [6.07, 6.45) is 5.69. The fraction of sp³-hybridized carbons (Fsp3) is 0.500. The van der Waals surface area contributed by atoms with E-state index in [-0.39, 0.29) is 11.3 Å². The Kier molecular flexibility index (Phi) is 4.27. The van der Waals surface area contributed by atoms with Crippen molar-refractivity contribution in [2.45, 2.75) is 32.6 Å². The number of aromatic nitrogens is 5. The van der Waals surface area contributed by atoms with E-state index in [1.54, 1.807) is 0 Å². The highest BCUT2D eigenvalue weighted by molar-refractivity contribution is 5.88. The summed E-state index contributed by atoms with van der Waals surface area (Å²) in [6, 6.07) is 3.98. The molecule has 0 aliphatic carbocycles. The number of aromatic hydroxyl groups is 1. The maximum absolute atomic E-state index is 10.7. The zero-order chi connectivity index (χ0) is 20.0. The van der Waals surface area contributed by atoms with Crippen molar-refractivity contribution in [3.8, 4) is 5.88 Å². The molecule has 0 unspecified atom stereocenters. The highest BCUT2D eigenvalue weighted by Gasteiger charge is 2.31. The standard InChI is InChI=1S/C20H26N8O/c1-20(12-21)6-10-27(11-7-20)18-19(29)23-15-16(24-18)25-26-17(15)28-9-3-4-13-14(28)5-2-8-22-13/h2,5,8H,3-4,6-7,9-12,21H2,1H3,(H,23,29)(H,24,25,26). The van der Waals surface area contributed by atoms with Gasteiger partial charge < -0.3 is 20.6 Å². The maximum atomic E-state index is 10.7. The van der Waals surface area contributed by atoms with Crippen molar-refractivity contribution in [1.29, 1.82) is 0 Å². The largest absolute Gasteiger partial charge is 0.491 e. The van der Waals surface area contributed by atoms with Crippen molar-refractivity contribution >= 4 is 28.5 Å². The van der Waals surface area contributed by atoms with Crippen molar-refractivity contribution in [2.24, 2.45) is 11.1 Å². The Morgan fingerprint density at radius 3 is 2.83 bits per heavy atom. The first kappa shape index (κ1) is 18.1. The van der Waals surface area contributed by atoms with Crippen LogP contribution in [0, 0.1) is 5.41 Å². The van der Waals surface area contributed by atoms with Crippen LogP contribution in [0.2, 0.25) is 0 Å². The van der Waals surface area contributed by atoms with Crippen LogP contribution in [0.1, 0.15) is 31.9 Å². The van der Waals surface area contributed by atoms with E-state index in [2.05, 4.69) is 41.9 Å². The fourth-order valence-corrected chi connectivity index (χ4v) is 4.29. The minimum Gasteiger partial charge on any atom is -0.491 e. The van der Waals surface area contributed by atoms with Crippen LogP contribution in [-0.4, -0.2) is 56.4 Å². The van der Waals surface area contributed by atoms with Crippen LogP contribution >= 0.6 is 0 Å². The predicted molar refractivity (Wildman–Crippen MR) is 112 cm³/mol. The molecule has 0 aromatic carbocycles. The Hall–Kier alpha value is -2.94. The summed E-state index contributed by atoms with van der Waals surface area (Å²) in [5.74, 6) is 1.13. The van der Waals surface area contributed by atoms with E-state index in [9.17, 15) is 5.11 Å². The number of fused-ring (bicyclic) bond motifs is 2. The summed E-state index contributed by atoms with van der Waals surface area (Å²) in [5.41, 5.74) is 9.32. The number of rotatable bonds is 3. The van der Waals surface area contributed by atoms with Crippen LogP contribution < -0.4 is 15.5 Å². The number of piperidine rings is 1. The molecule has 1 fully saturated rings. The number of nitrogens with one attached hydrogen (secondary N) is 1. The molecule has 9 nitrogen and oxygen atoms in total. The average molecular weight is 394 g/mol. The second kappa shape index (κ2) is 6.84. The monoisotopic (exact) mass is 394 g/mol. The van der Waals surface area contributed by atoms with Gasteiger partial charge >= 0.3 is 0 Å². The normalized spacial score (nSPS) is 18.8. The number of pyridine rings is 1. The summed E-state index contributed by atoms with van der Waals surface area (Å²) in [4.78, 5) is 17.8. The van der Waals surface area contributed by atoms with Crippen LogP contribution in [0.5, 0.6) is 5.88 Å². The first-order valence-corrected chi connectivity index (χ1v) is 10.2. The second-order valence-corrected chi connectivity index (χ2v) is 8.34. The summed E-state index contributed by atoms with van der Waals surface area (Å²) in [7, 11) is 0. The third kappa shape index (κ3) is 3.05. The number of aromatic amines is 1. The summed E-state index contributed by atoms with van der Waals surface area (Å²) < 4.78 is 0. The lowest BCUT2D eigenvalue weighted by Gasteiger charge is -2.39. The van der Waals surface area contributed by atoms with E-state index < -0.39 is 0 Å². The maximum Gasteiger partial charge on any atom is 0.256 e. The van der Waals surface area contributed by atoms with Crippen LogP contribution in [0.4, 0.5) is 17.3 Å². The van der Waals surface area contributed by atoms with E-state index >= 15 is 0 Å². The van der Waals surface area contributed by atoms with Crippen LogP contribution in [0.15, 0.2) is 18.3 Å². The molecule has 1 saturated heterocycles. The predicted octanol–water partition coefficient (Wildman–Crippen LogP) is 2.10. The summed E-state index contributed by atoms with van der Waals surface area (Å²) in [5, 5.41) is 18.2. The van der Waals surface area contributed by atoms with Gasteiger partial charge in [-0.05, 0) is 49.8 Å². The van der Waals surface area contributed by atoms with Crippen molar-refractivity contribution < 1.29 is 5.11 Å². The van der Waals surface area contributed by atoms with Gasteiger partial charge in [-0.1, -0.05) is 6.92 Å². The van der Waals surface area contributed by atoms with E-state index in [4.69, 9.17) is 5.73 Å². The first-order valence-electron chi connectivity index (χ1n) is 10.2. The number of nitrogens with zero attached hydrogens (tertiary/aromatic N) is 6. The van der Waals surface area contributed by atoms with Crippen molar-refractivity contribution in [3.63, 3.8) is 0 Å². The molecule has 2 aliphatic heterocycles. The molecular weight excluding hydrogens is 368 g/mol. The van der Waals surface area contributed by atoms with Crippen molar-refractivity contribution in [1.82, 2.24) is 25.1 Å². The topological polar surface area (TPSA) is 120 Å². The number of aryl methyl sites for hydroxylation is 1. The molecule has 2 aliphatic rings. The van der Waals surface area contributed by atoms with E-state index in [1.807, 2.05) is 18.3 Å². The van der Waals surface area contributed by atoms with Gasteiger partial charge in [0.2, 0.25) is 0 Å². The molecular formula is C20H26N8O. The Morgan fingerprint density at radius 2 is 2.03 bits per heavy atom. The van der Waals surface area contributed by atoms with Crippen molar-refractivity contribution in [2.75, 3.05) is 36.0 Å². The molecule has 152 valence electrons. The lowest BCUT2D eigenvalue weighted by Crippen LogP contribution is -2.42. The molecule has 0 radical (unpaired) electrons. The smallest absolute Gasteiger partial charge is 0.256 e. The molecule has 0 atom stereocenters. The van der Waals surface area contributed by atoms with Gasteiger partial charge in [-0.3, -0.25) is 10.1 Å². The molecule has 0 bridgehead atoms. The van der Waals surface area contributed by atoms with Gasteiger partial charge in [0, 0.05) is 25.8 Å². The highest BCUT2D eigenvalue weighted by Crippen LogP contribution is 2.38. The van der Waals surface area contributed by atoms with Gasteiger partial charge in [-0.2, -0.15) is 5.10 Å². The Bertz CT molecular complexity index is 1040. The molecule has 3 aromatic rings. The highest BCUT2D eigenvalue weighted by atomic mass is 16.3. The molecule has 0 saturated carbocycles. The molecule has 5 rings (SSSR count). The number of anilines is 3. The Morgan fingerprint density at radius 1 is 1.21 bits per heavy atom. The molecule has 0 amide bonds. The van der Waals surface area contributed by atoms with Crippen molar-refractivity contribution in [3.05, 3.63) is 24.0 Å². The van der Waals surface area contributed by atoms with Gasteiger partial charge in [-0.25, -0.2) is 9.97 Å². The minimum absolute atomic E-state index is 0.0556. The third-order valence-corrected chi connectivity index (χ3v) is 6.31. The SMILES string of the molecule is CC1(CN)CCN(c2nc3[nH]nc(N4CCCc5ncccc54)c3nc2O)CC1.